The third kappa shape index (κ3) is 2.59. The van der Waals surface area contributed by atoms with E-state index in [4.69, 9.17) is 0 Å². The fourth-order valence-electron chi connectivity index (χ4n) is 5.29. The van der Waals surface area contributed by atoms with Crippen LogP contribution in [-0.2, 0) is 4.79 Å². The Morgan fingerprint density at radius 1 is 1.13 bits per heavy atom. The van der Waals surface area contributed by atoms with Crippen LogP contribution in [0, 0.1) is 11.3 Å². The van der Waals surface area contributed by atoms with Gasteiger partial charge in [0.15, 0.2) is 0 Å². The van der Waals surface area contributed by atoms with E-state index >= 15 is 0 Å². The zero-order valence-corrected chi connectivity index (χ0v) is 14.1. The molecule has 3 heterocycles. The van der Waals surface area contributed by atoms with Crippen molar-refractivity contribution in [2.45, 2.75) is 76.3 Å². The van der Waals surface area contributed by atoms with Crippen LogP contribution in [0.1, 0.15) is 58.3 Å². The standard InChI is InChI=1S/C18H28F2N2O/c1-2-17(16(23)21-9-7-18(19,20)8-10-21)11-14-5-6-15(17)22(14)12-13-3-4-13/h13-15H,2-12H2,1H3/t14-,15+,17+/m0/s1. The van der Waals surface area contributed by atoms with Crippen LogP contribution in [0.4, 0.5) is 8.78 Å². The average molecular weight is 326 g/mol. The van der Waals surface area contributed by atoms with Gasteiger partial charge in [-0.15, -0.1) is 0 Å². The molecule has 3 atom stereocenters. The van der Waals surface area contributed by atoms with Gasteiger partial charge < -0.3 is 4.90 Å². The second kappa shape index (κ2) is 5.40. The van der Waals surface area contributed by atoms with Gasteiger partial charge in [0.2, 0.25) is 5.91 Å². The number of halogens is 2. The topological polar surface area (TPSA) is 23.6 Å². The molecule has 1 aliphatic carbocycles. The van der Waals surface area contributed by atoms with E-state index in [1.165, 1.54) is 19.3 Å². The normalized spacial score (nSPS) is 39.9. The van der Waals surface area contributed by atoms with E-state index in [-0.39, 0.29) is 37.3 Å². The first-order valence-electron chi connectivity index (χ1n) is 9.38. The number of piperidine rings is 1. The Balaban J connectivity index is 1.50. The van der Waals surface area contributed by atoms with Gasteiger partial charge in [-0.3, -0.25) is 9.69 Å². The van der Waals surface area contributed by atoms with Crippen molar-refractivity contribution in [2.24, 2.45) is 11.3 Å². The van der Waals surface area contributed by atoms with E-state index in [1.807, 2.05) is 0 Å². The van der Waals surface area contributed by atoms with Gasteiger partial charge in [-0.1, -0.05) is 6.92 Å². The lowest BCUT2D eigenvalue weighted by atomic mass is 9.70. The number of hydrogen-bond donors (Lipinski definition) is 0. The highest BCUT2D eigenvalue weighted by Crippen LogP contribution is 2.54. The van der Waals surface area contributed by atoms with Crippen LogP contribution >= 0.6 is 0 Å². The van der Waals surface area contributed by atoms with E-state index in [9.17, 15) is 13.6 Å². The number of carbonyl (C=O) groups is 1. The monoisotopic (exact) mass is 326 g/mol. The Morgan fingerprint density at radius 2 is 1.83 bits per heavy atom. The second-order valence-corrected chi connectivity index (χ2v) is 8.25. The maximum absolute atomic E-state index is 13.4. The fraction of sp³-hybridized carbons (Fsp3) is 0.944. The molecule has 4 fully saturated rings. The van der Waals surface area contributed by atoms with E-state index in [0.29, 0.717) is 12.1 Å². The predicted octanol–water partition coefficient (Wildman–Crippen LogP) is 3.29. The minimum absolute atomic E-state index is 0.168. The van der Waals surface area contributed by atoms with Crippen molar-refractivity contribution >= 4 is 5.91 Å². The molecule has 4 rings (SSSR count). The van der Waals surface area contributed by atoms with Crippen molar-refractivity contribution in [1.82, 2.24) is 9.80 Å². The largest absolute Gasteiger partial charge is 0.342 e. The summed E-state index contributed by atoms with van der Waals surface area (Å²) in [5.74, 6) is -1.57. The molecular weight excluding hydrogens is 298 g/mol. The van der Waals surface area contributed by atoms with Crippen molar-refractivity contribution in [1.29, 1.82) is 0 Å². The molecule has 23 heavy (non-hydrogen) atoms. The zero-order valence-electron chi connectivity index (χ0n) is 14.1. The Labute approximate surface area is 137 Å². The summed E-state index contributed by atoms with van der Waals surface area (Å²) in [7, 11) is 0. The third-order valence-corrected chi connectivity index (χ3v) is 6.89. The molecule has 3 nitrogen and oxygen atoms in total. The van der Waals surface area contributed by atoms with Gasteiger partial charge in [0, 0.05) is 44.6 Å². The molecule has 4 aliphatic rings. The van der Waals surface area contributed by atoms with Gasteiger partial charge in [-0.25, -0.2) is 8.78 Å². The summed E-state index contributed by atoms with van der Waals surface area (Å²) in [6.45, 7) is 3.73. The summed E-state index contributed by atoms with van der Waals surface area (Å²) in [4.78, 5) is 17.6. The molecule has 3 aliphatic heterocycles. The molecule has 3 saturated heterocycles. The molecule has 1 amide bonds. The molecular formula is C18H28F2N2O. The predicted molar refractivity (Wildman–Crippen MR) is 84.3 cm³/mol. The van der Waals surface area contributed by atoms with E-state index in [0.717, 1.165) is 31.7 Å². The number of fused-ring (bicyclic) bond motifs is 2. The SMILES string of the molecule is CC[C@@]1(C(=O)N2CCC(F)(F)CC2)C[C@@H]2CC[C@H]1N2CC1CC1. The number of alkyl halides is 2. The van der Waals surface area contributed by atoms with Gasteiger partial charge >= 0.3 is 0 Å². The minimum atomic E-state index is -2.58. The quantitative estimate of drug-likeness (QED) is 0.791. The van der Waals surface area contributed by atoms with Crippen LogP contribution in [0.5, 0.6) is 0 Å². The van der Waals surface area contributed by atoms with Gasteiger partial charge in [0.25, 0.3) is 5.92 Å². The van der Waals surface area contributed by atoms with Crippen molar-refractivity contribution in [3.05, 3.63) is 0 Å². The lowest BCUT2D eigenvalue weighted by molar-refractivity contribution is -0.150. The molecule has 0 aromatic rings. The Morgan fingerprint density at radius 3 is 2.43 bits per heavy atom. The van der Waals surface area contributed by atoms with Crippen LogP contribution < -0.4 is 0 Å². The van der Waals surface area contributed by atoms with Crippen LogP contribution in [-0.4, -0.2) is 53.3 Å². The Kier molecular flexibility index (Phi) is 3.71. The maximum atomic E-state index is 13.4. The summed E-state index contributed by atoms with van der Waals surface area (Å²) >= 11 is 0. The second-order valence-electron chi connectivity index (χ2n) is 8.25. The average Bonchev–Trinajstić information content (AvgIpc) is 3.21. The molecule has 0 spiro atoms. The van der Waals surface area contributed by atoms with Crippen LogP contribution in [0.3, 0.4) is 0 Å². The van der Waals surface area contributed by atoms with Gasteiger partial charge in [0.1, 0.15) is 0 Å². The number of nitrogens with zero attached hydrogens (tertiary/aromatic N) is 2. The summed E-state index contributed by atoms with van der Waals surface area (Å²) < 4.78 is 26.8. The van der Waals surface area contributed by atoms with Crippen molar-refractivity contribution in [2.75, 3.05) is 19.6 Å². The first kappa shape index (κ1) is 15.8. The minimum Gasteiger partial charge on any atom is -0.342 e. The maximum Gasteiger partial charge on any atom is 0.251 e. The highest BCUT2D eigenvalue weighted by molar-refractivity contribution is 5.84. The fourth-order valence-corrected chi connectivity index (χ4v) is 5.29. The highest BCUT2D eigenvalue weighted by Gasteiger charge is 2.60. The summed E-state index contributed by atoms with van der Waals surface area (Å²) in [5.41, 5.74) is -0.301. The van der Waals surface area contributed by atoms with E-state index < -0.39 is 5.92 Å². The molecule has 0 unspecified atom stereocenters. The zero-order chi connectivity index (χ0) is 16.2. The molecule has 1 saturated carbocycles. The summed E-state index contributed by atoms with van der Waals surface area (Å²) in [6.07, 6.45) is 6.46. The summed E-state index contributed by atoms with van der Waals surface area (Å²) in [6, 6.07) is 0.906. The number of carbonyl (C=O) groups excluding carboxylic acids is 1. The van der Waals surface area contributed by atoms with Gasteiger partial charge in [0.05, 0.1) is 5.41 Å². The van der Waals surface area contributed by atoms with Crippen LogP contribution in [0.25, 0.3) is 0 Å². The number of hydrogen-bond acceptors (Lipinski definition) is 2. The highest BCUT2D eigenvalue weighted by atomic mass is 19.3. The van der Waals surface area contributed by atoms with Crippen molar-refractivity contribution in [3.8, 4) is 0 Å². The smallest absolute Gasteiger partial charge is 0.251 e. The lowest BCUT2D eigenvalue weighted by Crippen LogP contribution is -2.53. The van der Waals surface area contributed by atoms with Gasteiger partial charge in [-0.2, -0.15) is 0 Å². The lowest BCUT2D eigenvalue weighted by Gasteiger charge is -2.42. The molecule has 5 heteroatoms. The van der Waals surface area contributed by atoms with Crippen molar-refractivity contribution < 1.29 is 13.6 Å². The summed E-state index contributed by atoms with van der Waals surface area (Å²) in [5, 5.41) is 0. The molecule has 0 aromatic heterocycles. The first-order valence-corrected chi connectivity index (χ1v) is 9.38. The number of likely N-dealkylation sites (tertiary alicyclic amines) is 1. The van der Waals surface area contributed by atoms with Crippen LogP contribution in [0.15, 0.2) is 0 Å². The van der Waals surface area contributed by atoms with Crippen LogP contribution in [0.2, 0.25) is 0 Å². The van der Waals surface area contributed by atoms with E-state index in [1.54, 1.807) is 4.90 Å². The Hall–Kier alpha value is -0.710. The van der Waals surface area contributed by atoms with E-state index in [2.05, 4.69) is 11.8 Å². The first-order chi connectivity index (χ1) is 11.0. The molecule has 0 aromatic carbocycles. The number of rotatable bonds is 4. The number of amides is 1. The molecule has 0 radical (unpaired) electrons. The van der Waals surface area contributed by atoms with Crippen molar-refractivity contribution in [3.63, 3.8) is 0 Å². The molecule has 130 valence electrons. The molecule has 0 N–H and O–H groups in total. The Bertz CT molecular complexity index is 483. The third-order valence-electron chi connectivity index (χ3n) is 6.89. The molecule has 2 bridgehead atoms. The van der Waals surface area contributed by atoms with Gasteiger partial charge in [-0.05, 0) is 44.4 Å².